The molecular weight excluding hydrogens is 354 g/mol. The van der Waals surface area contributed by atoms with E-state index in [0.29, 0.717) is 19.7 Å². The summed E-state index contributed by atoms with van der Waals surface area (Å²) in [6.45, 7) is 2.51. The molecule has 2 rings (SSSR count). The summed E-state index contributed by atoms with van der Waals surface area (Å²) in [5.74, 6) is -0.195. The van der Waals surface area contributed by atoms with Gasteiger partial charge in [-0.3, -0.25) is 4.79 Å². The van der Waals surface area contributed by atoms with Gasteiger partial charge < -0.3 is 15.4 Å². The number of nitrogens with one attached hydrogen (secondary N) is 3. The van der Waals surface area contributed by atoms with E-state index in [1.54, 1.807) is 25.3 Å². The molecule has 0 saturated heterocycles. The highest BCUT2D eigenvalue weighted by atomic mass is 32.2. The molecule has 0 aliphatic carbocycles. The summed E-state index contributed by atoms with van der Waals surface area (Å²) in [6.07, 6.45) is 0.0882. The van der Waals surface area contributed by atoms with E-state index in [4.69, 9.17) is 4.74 Å². The lowest BCUT2D eigenvalue weighted by molar-refractivity contribution is -0.120. The van der Waals surface area contributed by atoms with Crippen molar-refractivity contribution >= 4 is 26.7 Å². The molecule has 0 aliphatic rings. The fourth-order valence-corrected chi connectivity index (χ4v) is 3.46. The molecule has 142 valence electrons. The molecule has 1 amide bonds. The monoisotopic (exact) mass is 379 g/mol. The zero-order valence-corrected chi connectivity index (χ0v) is 15.6. The molecule has 0 radical (unpaired) electrons. The number of carbonyl (C=O) groups is 1. The Bertz CT molecular complexity index is 824. The minimum Gasteiger partial charge on any atom is -0.383 e. The van der Waals surface area contributed by atoms with E-state index in [0.717, 1.165) is 17.3 Å². The molecule has 0 heterocycles. The Labute approximate surface area is 154 Å². The van der Waals surface area contributed by atoms with Gasteiger partial charge in [0.25, 0.3) is 0 Å². The molecule has 0 bridgehead atoms. The minimum atomic E-state index is -3.64. The van der Waals surface area contributed by atoms with Gasteiger partial charge in [-0.05, 0) is 22.9 Å². The van der Waals surface area contributed by atoms with Crippen molar-refractivity contribution in [3.05, 3.63) is 42.5 Å². The van der Waals surface area contributed by atoms with Crippen LogP contribution in [-0.4, -0.2) is 54.2 Å². The second-order valence-electron chi connectivity index (χ2n) is 5.75. The fraction of sp³-hybridized carbons (Fsp3) is 0.389. The molecule has 8 heteroatoms. The highest BCUT2D eigenvalue weighted by Gasteiger charge is 2.14. The van der Waals surface area contributed by atoms with Crippen LogP contribution in [0.2, 0.25) is 0 Å². The smallest absolute Gasteiger partial charge is 0.240 e. The zero-order chi connectivity index (χ0) is 18.8. The predicted molar refractivity (Wildman–Crippen MR) is 102 cm³/mol. The van der Waals surface area contributed by atoms with Crippen molar-refractivity contribution in [1.29, 1.82) is 0 Å². The molecule has 26 heavy (non-hydrogen) atoms. The molecule has 0 unspecified atom stereocenters. The first-order chi connectivity index (χ1) is 12.5. The van der Waals surface area contributed by atoms with Crippen LogP contribution in [0.25, 0.3) is 10.8 Å². The van der Waals surface area contributed by atoms with E-state index in [1.807, 2.05) is 24.3 Å². The third kappa shape index (κ3) is 6.38. The van der Waals surface area contributed by atoms with Gasteiger partial charge in [0.1, 0.15) is 0 Å². The molecule has 0 aliphatic heterocycles. The number of ether oxygens (including phenoxy) is 1. The molecule has 0 spiro atoms. The van der Waals surface area contributed by atoms with Crippen LogP contribution in [0.15, 0.2) is 47.4 Å². The van der Waals surface area contributed by atoms with Crippen molar-refractivity contribution < 1.29 is 17.9 Å². The maximum Gasteiger partial charge on any atom is 0.240 e. The van der Waals surface area contributed by atoms with Crippen LogP contribution < -0.4 is 15.4 Å². The lowest BCUT2D eigenvalue weighted by Gasteiger charge is -2.09. The van der Waals surface area contributed by atoms with E-state index < -0.39 is 10.0 Å². The van der Waals surface area contributed by atoms with Gasteiger partial charge in [-0.15, -0.1) is 0 Å². The molecule has 3 N–H and O–H groups in total. The Hall–Kier alpha value is -2.00. The molecular formula is C18H25N3O4S. The van der Waals surface area contributed by atoms with Gasteiger partial charge in [-0.1, -0.05) is 30.3 Å². The Morgan fingerprint density at radius 1 is 1.00 bits per heavy atom. The van der Waals surface area contributed by atoms with Gasteiger partial charge in [-0.2, -0.15) is 0 Å². The molecule has 2 aromatic rings. The summed E-state index contributed by atoms with van der Waals surface area (Å²) in [4.78, 5) is 11.9. The summed E-state index contributed by atoms with van der Waals surface area (Å²) >= 11 is 0. The van der Waals surface area contributed by atoms with Crippen LogP contribution in [0, 0.1) is 0 Å². The number of benzene rings is 2. The summed E-state index contributed by atoms with van der Waals surface area (Å²) in [5.41, 5.74) is 0. The second kappa shape index (κ2) is 10.2. The van der Waals surface area contributed by atoms with E-state index in [2.05, 4.69) is 15.4 Å². The maximum atomic E-state index is 12.4. The van der Waals surface area contributed by atoms with Crippen molar-refractivity contribution in [1.82, 2.24) is 15.4 Å². The highest BCUT2D eigenvalue weighted by molar-refractivity contribution is 7.89. The Balaban J connectivity index is 1.76. The van der Waals surface area contributed by atoms with E-state index in [-0.39, 0.29) is 23.8 Å². The van der Waals surface area contributed by atoms with Gasteiger partial charge in [0.2, 0.25) is 15.9 Å². The number of sulfonamides is 1. The Kier molecular flexibility index (Phi) is 7.99. The molecule has 7 nitrogen and oxygen atoms in total. The SMILES string of the molecule is COCCNCCNC(=O)CCNS(=O)(=O)c1ccc2ccccc2c1. The molecule has 2 aromatic carbocycles. The Morgan fingerprint density at radius 2 is 1.77 bits per heavy atom. The third-order valence-electron chi connectivity index (χ3n) is 3.78. The summed E-state index contributed by atoms with van der Waals surface area (Å²) < 4.78 is 32.1. The number of carbonyl (C=O) groups excluding carboxylic acids is 1. The number of hydrogen-bond acceptors (Lipinski definition) is 5. The zero-order valence-electron chi connectivity index (χ0n) is 14.8. The van der Waals surface area contributed by atoms with Crippen LogP contribution in [0.4, 0.5) is 0 Å². The van der Waals surface area contributed by atoms with Crippen molar-refractivity contribution in [3.8, 4) is 0 Å². The van der Waals surface area contributed by atoms with E-state index >= 15 is 0 Å². The Morgan fingerprint density at radius 3 is 2.54 bits per heavy atom. The lowest BCUT2D eigenvalue weighted by atomic mass is 10.1. The predicted octanol–water partition coefficient (Wildman–Crippen LogP) is 0.860. The molecule has 0 fully saturated rings. The third-order valence-corrected chi connectivity index (χ3v) is 5.24. The van der Waals surface area contributed by atoms with Crippen LogP contribution in [-0.2, 0) is 19.6 Å². The van der Waals surface area contributed by atoms with Crippen molar-refractivity contribution in [2.75, 3.05) is 39.9 Å². The number of amides is 1. The minimum absolute atomic E-state index is 0.0537. The summed E-state index contributed by atoms with van der Waals surface area (Å²) in [5, 5.41) is 7.67. The van der Waals surface area contributed by atoms with Crippen molar-refractivity contribution in [2.24, 2.45) is 0 Å². The molecule has 0 aromatic heterocycles. The average molecular weight is 379 g/mol. The van der Waals surface area contributed by atoms with Crippen LogP contribution in [0.5, 0.6) is 0 Å². The summed E-state index contributed by atoms with van der Waals surface area (Å²) in [7, 11) is -2.01. The first-order valence-corrected chi connectivity index (χ1v) is 9.96. The van der Waals surface area contributed by atoms with Gasteiger partial charge in [0, 0.05) is 39.7 Å². The van der Waals surface area contributed by atoms with Crippen LogP contribution >= 0.6 is 0 Å². The van der Waals surface area contributed by atoms with Crippen LogP contribution in [0.1, 0.15) is 6.42 Å². The second-order valence-corrected chi connectivity index (χ2v) is 7.52. The average Bonchev–Trinajstić information content (AvgIpc) is 2.64. The number of hydrogen-bond donors (Lipinski definition) is 3. The van der Waals surface area contributed by atoms with Crippen molar-refractivity contribution in [2.45, 2.75) is 11.3 Å². The molecule has 0 saturated carbocycles. The highest BCUT2D eigenvalue weighted by Crippen LogP contribution is 2.18. The van der Waals surface area contributed by atoms with Gasteiger partial charge in [-0.25, -0.2) is 13.1 Å². The quantitative estimate of drug-likeness (QED) is 0.503. The summed E-state index contributed by atoms with van der Waals surface area (Å²) in [6, 6.07) is 12.5. The largest absolute Gasteiger partial charge is 0.383 e. The normalized spacial score (nSPS) is 11.6. The van der Waals surface area contributed by atoms with Gasteiger partial charge in [0.05, 0.1) is 11.5 Å². The molecule has 0 atom stereocenters. The number of methoxy groups -OCH3 is 1. The standard InChI is InChI=1S/C18H25N3O4S/c1-25-13-12-19-10-11-20-18(22)8-9-21-26(23,24)17-7-6-15-4-2-3-5-16(15)14-17/h2-7,14,19,21H,8-13H2,1H3,(H,20,22). The first-order valence-electron chi connectivity index (χ1n) is 8.48. The topological polar surface area (TPSA) is 96.5 Å². The number of fused-ring (bicyclic) bond motifs is 1. The van der Waals surface area contributed by atoms with E-state index in [1.165, 1.54) is 0 Å². The van der Waals surface area contributed by atoms with Crippen LogP contribution in [0.3, 0.4) is 0 Å². The van der Waals surface area contributed by atoms with Crippen molar-refractivity contribution in [3.63, 3.8) is 0 Å². The maximum absolute atomic E-state index is 12.4. The van der Waals surface area contributed by atoms with E-state index in [9.17, 15) is 13.2 Å². The van der Waals surface area contributed by atoms with Gasteiger partial charge in [0.15, 0.2) is 0 Å². The van der Waals surface area contributed by atoms with Gasteiger partial charge >= 0.3 is 0 Å². The number of rotatable bonds is 11. The lowest BCUT2D eigenvalue weighted by Crippen LogP contribution is -2.35. The first kappa shape index (κ1) is 20.3. The fourth-order valence-electron chi connectivity index (χ4n) is 2.39.